The number of amides is 2. The topological polar surface area (TPSA) is 67.2 Å². The van der Waals surface area contributed by atoms with Crippen molar-refractivity contribution in [3.05, 3.63) is 98.0 Å². The molecule has 0 aliphatic heterocycles. The average Bonchev–Trinajstić information content (AvgIpc) is 2.86. The lowest BCUT2D eigenvalue weighted by molar-refractivity contribution is 0.185. The molecule has 1 N–H and O–H groups in total. The highest BCUT2D eigenvalue weighted by Crippen LogP contribution is 2.31. The molecule has 0 saturated carbocycles. The van der Waals surface area contributed by atoms with Gasteiger partial charge in [-0.1, -0.05) is 59.9 Å². The van der Waals surface area contributed by atoms with Gasteiger partial charge in [0.25, 0.3) is 5.56 Å². The van der Waals surface area contributed by atoms with E-state index in [0.29, 0.717) is 51.1 Å². The quantitative estimate of drug-likeness (QED) is 0.284. The van der Waals surface area contributed by atoms with Crippen molar-refractivity contribution in [3.8, 4) is 5.69 Å². The number of urea groups is 1. The molecule has 1 atom stereocenters. The third-order valence-corrected chi connectivity index (χ3v) is 6.81. The van der Waals surface area contributed by atoms with Gasteiger partial charge in [-0.15, -0.1) is 0 Å². The van der Waals surface area contributed by atoms with Crippen molar-refractivity contribution in [2.24, 2.45) is 0 Å². The van der Waals surface area contributed by atoms with Crippen LogP contribution in [0.3, 0.4) is 0 Å². The zero-order valence-electron chi connectivity index (χ0n) is 19.1. The predicted octanol–water partition coefficient (Wildman–Crippen LogP) is 7.35. The zero-order chi connectivity index (χ0) is 25.1. The number of fused-ring (bicyclic) bond motifs is 1. The highest BCUT2D eigenvalue weighted by atomic mass is 35.5. The van der Waals surface area contributed by atoms with Crippen LogP contribution >= 0.6 is 34.8 Å². The van der Waals surface area contributed by atoms with Gasteiger partial charge >= 0.3 is 6.03 Å². The number of carbonyl (C=O) groups is 1. The molecule has 1 unspecified atom stereocenters. The summed E-state index contributed by atoms with van der Waals surface area (Å²) in [6.45, 7) is 4.18. The van der Waals surface area contributed by atoms with E-state index in [1.165, 1.54) is 0 Å². The van der Waals surface area contributed by atoms with Gasteiger partial charge in [0.15, 0.2) is 0 Å². The van der Waals surface area contributed by atoms with Gasteiger partial charge in [-0.3, -0.25) is 9.36 Å². The summed E-state index contributed by atoms with van der Waals surface area (Å²) < 4.78 is 1.55. The van der Waals surface area contributed by atoms with Gasteiger partial charge in [-0.2, -0.15) is 0 Å². The standard InChI is InChI=1S/C26H23Cl3N4O2/c1-3-22(32(4-2)26(35)31-21-11-7-9-19(28)23(21)29)24-30-20-10-6-5-8-18(20)25(34)33(24)17-14-12-16(27)13-15-17/h5-15,22H,3-4H2,1-2H3,(H,31,35). The number of nitrogens with zero attached hydrogens (tertiary/aromatic N) is 3. The van der Waals surface area contributed by atoms with Gasteiger partial charge in [0.2, 0.25) is 0 Å². The van der Waals surface area contributed by atoms with E-state index in [0.717, 1.165) is 0 Å². The maximum atomic E-state index is 13.6. The summed E-state index contributed by atoms with van der Waals surface area (Å²) >= 11 is 18.5. The fourth-order valence-electron chi connectivity index (χ4n) is 4.05. The SMILES string of the molecule is CCC(c1nc2ccccc2c(=O)n1-c1ccc(Cl)cc1)N(CC)C(=O)Nc1cccc(Cl)c1Cl. The molecule has 1 aromatic heterocycles. The van der Waals surface area contributed by atoms with Crippen LogP contribution in [-0.2, 0) is 0 Å². The van der Waals surface area contributed by atoms with Crippen LogP contribution in [0.1, 0.15) is 32.1 Å². The van der Waals surface area contributed by atoms with E-state index in [1.807, 2.05) is 19.9 Å². The van der Waals surface area contributed by atoms with Gasteiger partial charge < -0.3 is 10.2 Å². The Hall–Kier alpha value is -3.06. The van der Waals surface area contributed by atoms with E-state index in [9.17, 15) is 9.59 Å². The van der Waals surface area contributed by atoms with Crippen molar-refractivity contribution in [3.63, 3.8) is 0 Å². The van der Waals surface area contributed by atoms with Gasteiger partial charge in [0.05, 0.1) is 38.4 Å². The van der Waals surface area contributed by atoms with Crippen molar-refractivity contribution >= 4 is 57.4 Å². The minimum atomic E-state index is -0.508. The number of nitrogens with one attached hydrogen (secondary N) is 1. The second-order valence-electron chi connectivity index (χ2n) is 7.85. The minimum Gasteiger partial charge on any atom is -0.315 e. The van der Waals surface area contributed by atoms with Crippen LogP contribution in [0.5, 0.6) is 0 Å². The van der Waals surface area contributed by atoms with Crippen LogP contribution in [0.4, 0.5) is 10.5 Å². The first-order chi connectivity index (χ1) is 16.8. The second-order valence-corrected chi connectivity index (χ2v) is 9.07. The predicted molar refractivity (Wildman–Crippen MR) is 143 cm³/mol. The van der Waals surface area contributed by atoms with Gasteiger partial charge in [-0.05, 0) is 61.9 Å². The molecule has 1 heterocycles. The number of para-hydroxylation sites is 1. The Kier molecular flexibility index (Phi) is 7.65. The molecule has 35 heavy (non-hydrogen) atoms. The molecular formula is C26H23Cl3N4O2. The molecule has 9 heteroatoms. The Morgan fingerprint density at radius 1 is 1.00 bits per heavy atom. The maximum Gasteiger partial charge on any atom is 0.322 e. The van der Waals surface area contributed by atoms with Gasteiger partial charge in [0.1, 0.15) is 5.82 Å². The number of aromatic nitrogens is 2. The second kappa shape index (κ2) is 10.7. The normalized spacial score (nSPS) is 11.9. The van der Waals surface area contributed by atoms with E-state index in [2.05, 4.69) is 5.32 Å². The molecule has 0 saturated heterocycles. The molecule has 4 rings (SSSR count). The van der Waals surface area contributed by atoms with Crippen LogP contribution in [-0.4, -0.2) is 27.0 Å². The number of hydrogen-bond donors (Lipinski definition) is 1. The summed E-state index contributed by atoms with van der Waals surface area (Å²) in [6, 6.07) is 18.3. The third-order valence-electron chi connectivity index (χ3n) is 5.74. The first-order valence-electron chi connectivity index (χ1n) is 11.1. The van der Waals surface area contributed by atoms with Crippen molar-refractivity contribution < 1.29 is 4.79 Å². The molecule has 180 valence electrons. The molecule has 0 aliphatic carbocycles. The summed E-state index contributed by atoms with van der Waals surface area (Å²) in [7, 11) is 0. The first kappa shape index (κ1) is 25.0. The first-order valence-corrected chi connectivity index (χ1v) is 12.3. The molecule has 0 radical (unpaired) electrons. The van der Waals surface area contributed by atoms with Crippen molar-refractivity contribution in [1.29, 1.82) is 0 Å². The van der Waals surface area contributed by atoms with Gasteiger partial charge in [0, 0.05) is 11.6 Å². The van der Waals surface area contributed by atoms with Crippen LogP contribution in [0, 0.1) is 0 Å². The number of rotatable bonds is 6. The van der Waals surface area contributed by atoms with E-state index in [4.69, 9.17) is 39.8 Å². The van der Waals surface area contributed by atoms with E-state index < -0.39 is 6.04 Å². The van der Waals surface area contributed by atoms with Crippen LogP contribution in [0.25, 0.3) is 16.6 Å². The van der Waals surface area contributed by atoms with Crippen molar-refractivity contribution in [2.75, 3.05) is 11.9 Å². The molecule has 3 aromatic carbocycles. The Morgan fingerprint density at radius 3 is 2.40 bits per heavy atom. The number of benzene rings is 3. The Bertz CT molecular complexity index is 1440. The zero-order valence-corrected chi connectivity index (χ0v) is 21.4. The molecular weight excluding hydrogens is 507 g/mol. The number of hydrogen-bond acceptors (Lipinski definition) is 3. The monoisotopic (exact) mass is 528 g/mol. The summed E-state index contributed by atoms with van der Waals surface area (Å²) in [5, 5.41) is 4.48. The van der Waals surface area contributed by atoms with Crippen LogP contribution in [0.2, 0.25) is 15.1 Å². The van der Waals surface area contributed by atoms with Crippen LogP contribution in [0.15, 0.2) is 71.5 Å². The average molecular weight is 530 g/mol. The smallest absolute Gasteiger partial charge is 0.315 e. The lowest BCUT2D eigenvalue weighted by Gasteiger charge is -2.31. The summed E-state index contributed by atoms with van der Waals surface area (Å²) in [5.74, 6) is 0.452. The summed E-state index contributed by atoms with van der Waals surface area (Å²) in [6.07, 6.45) is 0.517. The Morgan fingerprint density at radius 2 is 1.71 bits per heavy atom. The van der Waals surface area contributed by atoms with Crippen LogP contribution < -0.4 is 10.9 Å². The third kappa shape index (κ3) is 5.01. The maximum absolute atomic E-state index is 13.6. The Labute approximate surface area is 218 Å². The molecule has 0 bridgehead atoms. The van der Waals surface area contributed by atoms with E-state index in [1.54, 1.807) is 70.1 Å². The molecule has 0 spiro atoms. The fraction of sp³-hybridized carbons (Fsp3) is 0.192. The molecule has 2 amide bonds. The number of halogens is 3. The molecule has 4 aromatic rings. The largest absolute Gasteiger partial charge is 0.322 e. The minimum absolute atomic E-state index is 0.222. The number of carbonyl (C=O) groups excluding carboxylic acids is 1. The molecule has 6 nitrogen and oxygen atoms in total. The van der Waals surface area contributed by atoms with Crippen molar-refractivity contribution in [1.82, 2.24) is 14.5 Å². The lowest BCUT2D eigenvalue weighted by atomic mass is 10.1. The molecule has 0 fully saturated rings. The molecule has 0 aliphatic rings. The highest BCUT2D eigenvalue weighted by Gasteiger charge is 2.28. The highest BCUT2D eigenvalue weighted by molar-refractivity contribution is 6.44. The van der Waals surface area contributed by atoms with Crippen molar-refractivity contribution in [2.45, 2.75) is 26.3 Å². The van der Waals surface area contributed by atoms with E-state index in [-0.39, 0.29) is 16.6 Å². The summed E-state index contributed by atoms with van der Waals surface area (Å²) in [5.41, 5.74) is 1.35. The summed E-state index contributed by atoms with van der Waals surface area (Å²) in [4.78, 5) is 33.5. The Balaban J connectivity index is 1.85. The number of anilines is 1. The fourth-order valence-corrected chi connectivity index (χ4v) is 4.52. The lowest BCUT2D eigenvalue weighted by Crippen LogP contribution is -2.40. The van der Waals surface area contributed by atoms with Gasteiger partial charge in [-0.25, -0.2) is 9.78 Å². The van der Waals surface area contributed by atoms with E-state index >= 15 is 0 Å².